The van der Waals surface area contributed by atoms with Gasteiger partial charge in [-0.1, -0.05) is 0 Å². The molecule has 0 aliphatic carbocycles. The lowest BCUT2D eigenvalue weighted by atomic mass is 10.3. The molecule has 23 heavy (non-hydrogen) atoms. The first-order valence-corrected chi connectivity index (χ1v) is 7.31. The molecule has 1 aliphatic rings. The predicted molar refractivity (Wildman–Crippen MR) is 79.5 cm³/mol. The molecule has 3 rings (SSSR count). The van der Waals surface area contributed by atoms with Crippen molar-refractivity contribution < 1.29 is 18.7 Å². The highest BCUT2D eigenvalue weighted by Crippen LogP contribution is 2.16. The van der Waals surface area contributed by atoms with E-state index >= 15 is 0 Å². The summed E-state index contributed by atoms with van der Waals surface area (Å²) in [4.78, 5) is 13.8. The van der Waals surface area contributed by atoms with Crippen molar-refractivity contribution in [2.45, 2.75) is 12.5 Å². The molecule has 7 heteroatoms. The van der Waals surface area contributed by atoms with E-state index in [-0.39, 0.29) is 24.4 Å². The van der Waals surface area contributed by atoms with Crippen molar-refractivity contribution >= 4 is 5.91 Å². The minimum absolute atomic E-state index is 0.0799. The van der Waals surface area contributed by atoms with Crippen molar-refractivity contribution in [2.24, 2.45) is 0 Å². The lowest BCUT2D eigenvalue weighted by Crippen LogP contribution is -2.34. The molecule has 1 aromatic heterocycles. The summed E-state index contributed by atoms with van der Waals surface area (Å²) in [5.41, 5.74) is 0. The Morgan fingerprint density at radius 2 is 2.13 bits per heavy atom. The Morgan fingerprint density at radius 1 is 1.30 bits per heavy atom. The minimum atomic E-state index is -0.341. The quantitative estimate of drug-likeness (QED) is 0.839. The summed E-state index contributed by atoms with van der Waals surface area (Å²) in [6.07, 6.45) is 2.21. The van der Waals surface area contributed by atoms with Gasteiger partial charge in [-0.25, -0.2) is 4.39 Å². The molecule has 6 nitrogen and oxygen atoms in total. The molecule has 2 heterocycles. The molecule has 0 saturated carbocycles. The van der Waals surface area contributed by atoms with Crippen LogP contribution in [0.5, 0.6) is 11.6 Å². The number of hydrogen-bond donors (Lipinski definition) is 0. The molecule has 1 aliphatic heterocycles. The van der Waals surface area contributed by atoms with Gasteiger partial charge >= 0.3 is 0 Å². The molecular weight excluding hydrogens is 301 g/mol. The number of likely N-dealkylation sites (tertiary alicyclic amines) is 1. The maximum absolute atomic E-state index is 12.8. The number of hydrogen-bond acceptors (Lipinski definition) is 5. The van der Waals surface area contributed by atoms with Gasteiger partial charge in [0.25, 0.3) is 5.91 Å². The normalized spacial score (nSPS) is 17.1. The molecule has 1 amide bonds. The first-order valence-electron chi connectivity index (χ1n) is 7.31. The maximum Gasteiger partial charge on any atom is 0.260 e. The number of halogens is 1. The third-order valence-corrected chi connectivity index (χ3v) is 3.51. The van der Waals surface area contributed by atoms with E-state index in [0.29, 0.717) is 24.7 Å². The van der Waals surface area contributed by atoms with Gasteiger partial charge in [-0.05, 0) is 30.3 Å². The SMILES string of the molecule is O=C(COc1ccc(F)cc1)N1CC[C@H](Oc2cccnn2)C1. The molecule has 2 aromatic rings. The van der Waals surface area contributed by atoms with Gasteiger partial charge in [0.1, 0.15) is 17.7 Å². The largest absolute Gasteiger partial charge is 0.484 e. The van der Waals surface area contributed by atoms with Crippen LogP contribution in [0.25, 0.3) is 0 Å². The van der Waals surface area contributed by atoms with Crippen molar-refractivity contribution in [2.75, 3.05) is 19.7 Å². The highest BCUT2D eigenvalue weighted by molar-refractivity contribution is 5.78. The molecule has 0 N–H and O–H groups in total. The average molecular weight is 317 g/mol. The summed E-state index contributed by atoms with van der Waals surface area (Å²) in [6.45, 7) is 1.02. The molecule has 0 radical (unpaired) electrons. The van der Waals surface area contributed by atoms with Crippen LogP contribution in [0.15, 0.2) is 42.6 Å². The number of nitrogens with zero attached hydrogens (tertiary/aromatic N) is 3. The predicted octanol–water partition coefficient (Wildman–Crippen LogP) is 1.67. The smallest absolute Gasteiger partial charge is 0.260 e. The van der Waals surface area contributed by atoms with E-state index in [9.17, 15) is 9.18 Å². The zero-order chi connectivity index (χ0) is 16.1. The van der Waals surface area contributed by atoms with Crippen molar-refractivity contribution in [3.63, 3.8) is 0 Å². The first kappa shape index (κ1) is 15.2. The lowest BCUT2D eigenvalue weighted by Gasteiger charge is -2.17. The zero-order valence-electron chi connectivity index (χ0n) is 12.4. The fourth-order valence-electron chi connectivity index (χ4n) is 2.34. The van der Waals surface area contributed by atoms with Crippen LogP contribution >= 0.6 is 0 Å². The van der Waals surface area contributed by atoms with E-state index in [0.717, 1.165) is 6.42 Å². The molecule has 1 fully saturated rings. The van der Waals surface area contributed by atoms with E-state index in [1.54, 1.807) is 23.2 Å². The summed E-state index contributed by atoms with van der Waals surface area (Å²) >= 11 is 0. The fraction of sp³-hybridized carbons (Fsp3) is 0.312. The van der Waals surface area contributed by atoms with Gasteiger partial charge in [-0.3, -0.25) is 4.79 Å². The van der Waals surface area contributed by atoms with Crippen LogP contribution in [0.1, 0.15) is 6.42 Å². The van der Waals surface area contributed by atoms with E-state index in [4.69, 9.17) is 9.47 Å². The van der Waals surface area contributed by atoms with Crippen LogP contribution in [-0.4, -0.2) is 46.8 Å². The van der Waals surface area contributed by atoms with Crippen LogP contribution in [0.4, 0.5) is 4.39 Å². The Bertz CT molecular complexity index is 651. The maximum atomic E-state index is 12.8. The fourth-order valence-corrected chi connectivity index (χ4v) is 2.34. The highest BCUT2D eigenvalue weighted by atomic mass is 19.1. The Labute approximate surface area is 132 Å². The van der Waals surface area contributed by atoms with Gasteiger partial charge in [0.15, 0.2) is 6.61 Å². The number of rotatable bonds is 5. The summed E-state index contributed by atoms with van der Waals surface area (Å²) in [5, 5.41) is 7.61. The Hall–Kier alpha value is -2.70. The van der Waals surface area contributed by atoms with Crippen molar-refractivity contribution in [3.05, 3.63) is 48.4 Å². The van der Waals surface area contributed by atoms with E-state index in [2.05, 4.69) is 10.2 Å². The molecule has 0 unspecified atom stereocenters. The summed E-state index contributed by atoms with van der Waals surface area (Å²) in [7, 11) is 0. The van der Waals surface area contributed by atoms with Gasteiger partial charge in [-0.15, -0.1) is 5.10 Å². The number of aromatic nitrogens is 2. The molecule has 0 bridgehead atoms. The second-order valence-corrected chi connectivity index (χ2v) is 5.17. The van der Waals surface area contributed by atoms with Crippen molar-refractivity contribution in [1.82, 2.24) is 15.1 Å². The molecule has 1 saturated heterocycles. The Balaban J connectivity index is 1.46. The van der Waals surface area contributed by atoms with Gasteiger partial charge in [0.05, 0.1) is 6.54 Å². The van der Waals surface area contributed by atoms with E-state index < -0.39 is 0 Å². The Kier molecular flexibility index (Phi) is 4.65. The molecule has 1 aromatic carbocycles. The molecular formula is C16H16FN3O3. The van der Waals surface area contributed by atoms with Gasteiger partial charge < -0.3 is 14.4 Å². The monoisotopic (exact) mass is 317 g/mol. The van der Waals surface area contributed by atoms with E-state index in [1.807, 2.05) is 0 Å². The van der Waals surface area contributed by atoms with Crippen LogP contribution in [-0.2, 0) is 4.79 Å². The number of carbonyl (C=O) groups excluding carboxylic acids is 1. The number of benzene rings is 1. The summed E-state index contributed by atoms with van der Waals surface area (Å²) in [5.74, 6) is 0.451. The summed E-state index contributed by atoms with van der Waals surface area (Å²) in [6, 6.07) is 9.05. The second kappa shape index (κ2) is 7.04. The third-order valence-electron chi connectivity index (χ3n) is 3.51. The van der Waals surface area contributed by atoms with Crippen LogP contribution in [0.3, 0.4) is 0 Å². The zero-order valence-corrected chi connectivity index (χ0v) is 12.4. The molecule has 120 valence electrons. The Morgan fingerprint density at radius 3 is 2.87 bits per heavy atom. The number of amides is 1. The first-order chi connectivity index (χ1) is 11.2. The number of ether oxygens (including phenoxy) is 2. The van der Waals surface area contributed by atoms with Crippen LogP contribution in [0.2, 0.25) is 0 Å². The van der Waals surface area contributed by atoms with Crippen LogP contribution in [0, 0.1) is 5.82 Å². The van der Waals surface area contributed by atoms with Crippen LogP contribution < -0.4 is 9.47 Å². The standard InChI is InChI=1S/C16H16FN3O3/c17-12-3-5-13(6-4-12)22-11-16(21)20-9-7-14(10-20)23-15-2-1-8-18-19-15/h1-6,8,14H,7,9-11H2/t14-/m0/s1. The second-order valence-electron chi connectivity index (χ2n) is 5.17. The minimum Gasteiger partial charge on any atom is -0.484 e. The molecule has 1 atom stereocenters. The van der Waals surface area contributed by atoms with Crippen molar-refractivity contribution in [3.8, 4) is 11.6 Å². The topological polar surface area (TPSA) is 64.5 Å². The van der Waals surface area contributed by atoms with Gasteiger partial charge in [0, 0.05) is 25.2 Å². The molecule has 0 spiro atoms. The van der Waals surface area contributed by atoms with Crippen molar-refractivity contribution in [1.29, 1.82) is 0 Å². The average Bonchev–Trinajstić information content (AvgIpc) is 3.03. The highest BCUT2D eigenvalue weighted by Gasteiger charge is 2.28. The van der Waals surface area contributed by atoms with Gasteiger partial charge in [0.2, 0.25) is 5.88 Å². The van der Waals surface area contributed by atoms with E-state index in [1.165, 1.54) is 24.3 Å². The number of carbonyl (C=O) groups is 1. The lowest BCUT2D eigenvalue weighted by molar-refractivity contribution is -0.132. The van der Waals surface area contributed by atoms with Gasteiger partial charge in [-0.2, -0.15) is 5.10 Å². The summed E-state index contributed by atoms with van der Waals surface area (Å²) < 4.78 is 23.8. The third kappa shape index (κ3) is 4.15.